The largest absolute Gasteiger partial charge is 0.356 e. The molecule has 3 aromatic rings. The highest BCUT2D eigenvalue weighted by atomic mass is 16.1. The van der Waals surface area contributed by atoms with Gasteiger partial charge in [0.2, 0.25) is 0 Å². The highest BCUT2D eigenvalue weighted by molar-refractivity contribution is 6.00. The van der Waals surface area contributed by atoms with Crippen LogP contribution < -0.4 is 10.2 Å². The molecule has 0 atom stereocenters. The molecule has 1 saturated heterocycles. The minimum absolute atomic E-state index is 0.0571. The van der Waals surface area contributed by atoms with E-state index in [1.54, 1.807) is 10.7 Å². The van der Waals surface area contributed by atoms with Crippen molar-refractivity contribution in [3.8, 4) is 0 Å². The van der Waals surface area contributed by atoms with Crippen LogP contribution in [0.1, 0.15) is 34.7 Å². The Hall–Kier alpha value is -2.96. The Kier molecular flexibility index (Phi) is 4.28. The van der Waals surface area contributed by atoms with Gasteiger partial charge in [-0.3, -0.25) is 4.79 Å². The van der Waals surface area contributed by atoms with Gasteiger partial charge in [-0.1, -0.05) is 6.07 Å². The van der Waals surface area contributed by atoms with E-state index in [4.69, 9.17) is 0 Å². The Morgan fingerprint density at radius 1 is 1.19 bits per heavy atom. The van der Waals surface area contributed by atoms with Crippen molar-refractivity contribution in [2.45, 2.75) is 32.7 Å². The van der Waals surface area contributed by atoms with Crippen molar-refractivity contribution in [2.24, 2.45) is 0 Å². The zero-order valence-electron chi connectivity index (χ0n) is 15.0. The first kappa shape index (κ1) is 16.5. The SMILES string of the molecule is Cc1cc(N2CCC(NC(=O)c3cnn4ccccc34)CC2)nc(C)n1. The monoisotopic (exact) mass is 350 g/mol. The standard InChI is InChI=1S/C19H22N6O/c1-13-11-18(22-14(2)21-13)24-9-6-15(7-10-24)23-19(26)16-12-20-25-8-4-3-5-17(16)25/h3-5,8,11-12,15H,6-7,9-10H2,1-2H3,(H,23,26). The molecule has 0 aliphatic carbocycles. The topological polar surface area (TPSA) is 75.4 Å². The number of aryl methyl sites for hydroxylation is 2. The zero-order valence-corrected chi connectivity index (χ0v) is 15.0. The van der Waals surface area contributed by atoms with Crippen molar-refractivity contribution in [1.29, 1.82) is 0 Å². The molecule has 1 N–H and O–H groups in total. The van der Waals surface area contributed by atoms with E-state index in [2.05, 4.69) is 25.3 Å². The van der Waals surface area contributed by atoms with E-state index in [9.17, 15) is 4.79 Å². The number of hydrogen-bond donors (Lipinski definition) is 1. The number of nitrogens with one attached hydrogen (secondary N) is 1. The molecule has 0 unspecified atom stereocenters. The smallest absolute Gasteiger partial charge is 0.255 e. The van der Waals surface area contributed by atoms with E-state index >= 15 is 0 Å². The number of nitrogens with zero attached hydrogens (tertiary/aromatic N) is 5. The van der Waals surface area contributed by atoms with Gasteiger partial charge in [0.05, 0.1) is 17.3 Å². The molecular weight excluding hydrogens is 328 g/mol. The number of carbonyl (C=O) groups is 1. The Balaban J connectivity index is 1.40. The quantitative estimate of drug-likeness (QED) is 0.783. The molecule has 1 aliphatic heterocycles. The van der Waals surface area contributed by atoms with E-state index in [1.807, 2.05) is 44.3 Å². The Bertz CT molecular complexity index is 922. The van der Waals surface area contributed by atoms with Crippen LogP contribution in [0.4, 0.5) is 5.82 Å². The summed E-state index contributed by atoms with van der Waals surface area (Å²) >= 11 is 0. The van der Waals surface area contributed by atoms with Crippen molar-refractivity contribution < 1.29 is 4.79 Å². The fourth-order valence-corrected chi connectivity index (χ4v) is 3.48. The Labute approximate surface area is 152 Å². The summed E-state index contributed by atoms with van der Waals surface area (Å²) in [6, 6.07) is 7.91. The number of piperidine rings is 1. The van der Waals surface area contributed by atoms with Crippen LogP contribution >= 0.6 is 0 Å². The molecule has 3 aromatic heterocycles. The molecular formula is C19H22N6O. The molecule has 4 heterocycles. The molecule has 0 bridgehead atoms. The van der Waals surface area contributed by atoms with Gasteiger partial charge in [-0.05, 0) is 38.8 Å². The van der Waals surface area contributed by atoms with Crippen LogP contribution in [0.5, 0.6) is 0 Å². The minimum atomic E-state index is -0.0571. The summed E-state index contributed by atoms with van der Waals surface area (Å²) < 4.78 is 1.72. The lowest BCUT2D eigenvalue weighted by Crippen LogP contribution is -2.45. The van der Waals surface area contributed by atoms with Crippen molar-refractivity contribution in [1.82, 2.24) is 24.9 Å². The Morgan fingerprint density at radius 3 is 2.77 bits per heavy atom. The summed E-state index contributed by atoms with van der Waals surface area (Å²) in [6.07, 6.45) is 5.27. The van der Waals surface area contributed by atoms with Gasteiger partial charge >= 0.3 is 0 Å². The van der Waals surface area contributed by atoms with Crippen molar-refractivity contribution in [3.63, 3.8) is 0 Å². The molecule has 7 heteroatoms. The van der Waals surface area contributed by atoms with Crippen LogP contribution in [0.2, 0.25) is 0 Å². The third-order valence-corrected chi connectivity index (χ3v) is 4.78. The van der Waals surface area contributed by atoms with Crippen LogP contribution in [0.3, 0.4) is 0 Å². The first-order valence-corrected chi connectivity index (χ1v) is 8.90. The lowest BCUT2D eigenvalue weighted by molar-refractivity contribution is 0.0932. The van der Waals surface area contributed by atoms with E-state index < -0.39 is 0 Å². The minimum Gasteiger partial charge on any atom is -0.356 e. The van der Waals surface area contributed by atoms with Crippen molar-refractivity contribution in [3.05, 3.63) is 53.7 Å². The fraction of sp³-hybridized carbons (Fsp3) is 0.368. The fourth-order valence-electron chi connectivity index (χ4n) is 3.48. The first-order chi connectivity index (χ1) is 12.6. The maximum atomic E-state index is 12.6. The molecule has 26 heavy (non-hydrogen) atoms. The number of carbonyl (C=O) groups excluding carboxylic acids is 1. The summed E-state index contributed by atoms with van der Waals surface area (Å²) in [4.78, 5) is 23.8. The number of rotatable bonds is 3. The highest BCUT2D eigenvalue weighted by Gasteiger charge is 2.23. The molecule has 4 rings (SSSR count). The summed E-state index contributed by atoms with van der Waals surface area (Å²) in [5.41, 5.74) is 2.43. The van der Waals surface area contributed by atoms with Crippen LogP contribution in [-0.4, -0.2) is 44.6 Å². The second kappa shape index (κ2) is 6.74. The maximum Gasteiger partial charge on any atom is 0.255 e. The summed E-state index contributed by atoms with van der Waals surface area (Å²) in [6.45, 7) is 5.65. The lowest BCUT2D eigenvalue weighted by atomic mass is 10.0. The third-order valence-electron chi connectivity index (χ3n) is 4.78. The lowest BCUT2D eigenvalue weighted by Gasteiger charge is -2.33. The number of amides is 1. The molecule has 7 nitrogen and oxygen atoms in total. The zero-order chi connectivity index (χ0) is 18.1. The summed E-state index contributed by atoms with van der Waals surface area (Å²) in [7, 11) is 0. The van der Waals surface area contributed by atoms with Crippen molar-refractivity contribution in [2.75, 3.05) is 18.0 Å². The van der Waals surface area contributed by atoms with Crippen LogP contribution in [-0.2, 0) is 0 Å². The molecule has 0 radical (unpaired) electrons. The van der Waals surface area contributed by atoms with Crippen LogP contribution in [0.25, 0.3) is 5.52 Å². The van der Waals surface area contributed by atoms with Gasteiger partial charge in [0.1, 0.15) is 11.6 Å². The highest BCUT2D eigenvalue weighted by Crippen LogP contribution is 2.19. The van der Waals surface area contributed by atoms with Crippen LogP contribution in [0.15, 0.2) is 36.7 Å². The Morgan fingerprint density at radius 2 is 2.00 bits per heavy atom. The predicted octanol–water partition coefficient (Wildman–Crippen LogP) is 2.14. The molecule has 0 spiro atoms. The van der Waals surface area contributed by atoms with Gasteiger partial charge in [-0.2, -0.15) is 5.10 Å². The third kappa shape index (κ3) is 3.24. The van der Waals surface area contributed by atoms with Gasteiger partial charge in [0, 0.05) is 37.1 Å². The van der Waals surface area contributed by atoms with E-state index in [-0.39, 0.29) is 11.9 Å². The van der Waals surface area contributed by atoms with Gasteiger partial charge in [0.15, 0.2) is 0 Å². The number of hydrogen-bond acceptors (Lipinski definition) is 5. The molecule has 0 aromatic carbocycles. The number of fused-ring (bicyclic) bond motifs is 1. The van der Waals surface area contributed by atoms with Gasteiger partial charge in [0.25, 0.3) is 5.91 Å². The number of pyridine rings is 1. The average molecular weight is 350 g/mol. The number of anilines is 1. The van der Waals surface area contributed by atoms with Gasteiger partial charge < -0.3 is 10.2 Å². The van der Waals surface area contributed by atoms with E-state index in [1.165, 1.54) is 0 Å². The normalized spacial score (nSPS) is 15.4. The molecule has 134 valence electrons. The second-order valence-corrected chi connectivity index (χ2v) is 6.74. The number of aromatic nitrogens is 4. The maximum absolute atomic E-state index is 12.6. The summed E-state index contributed by atoms with van der Waals surface area (Å²) in [5.74, 6) is 1.71. The molecule has 1 amide bonds. The second-order valence-electron chi connectivity index (χ2n) is 6.74. The molecule has 1 aliphatic rings. The first-order valence-electron chi connectivity index (χ1n) is 8.90. The van der Waals surface area contributed by atoms with Crippen LogP contribution in [0, 0.1) is 13.8 Å². The molecule has 0 saturated carbocycles. The van der Waals surface area contributed by atoms with E-state index in [0.29, 0.717) is 5.56 Å². The van der Waals surface area contributed by atoms with Gasteiger partial charge in [-0.25, -0.2) is 14.5 Å². The summed E-state index contributed by atoms with van der Waals surface area (Å²) in [5, 5.41) is 7.39. The predicted molar refractivity (Wildman–Crippen MR) is 99.4 cm³/mol. The van der Waals surface area contributed by atoms with Crippen molar-refractivity contribution >= 4 is 17.2 Å². The molecule has 1 fully saturated rings. The van der Waals surface area contributed by atoms with E-state index in [0.717, 1.165) is 48.8 Å². The average Bonchev–Trinajstić information content (AvgIpc) is 3.06. The van der Waals surface area contributed by atoms with Gasteiger partial charge in [-0.15, -0.1) is 0 Å².